The molecule has 0 spiro atoms. The molecule has 0 amide bonds. The molecule has 0 aliphatic rings. The summed E-state index contributed by atoms with van der Waals surface area (Å²) in [7, 11) is 0. The predicted octanol–water partition coefficient (Wildman–Crippen LogP) is 1.60. The third-order valence-corrected chi connectivity index (χ3v) is 2.14. The number of hydrogen-bond acceptors (Lipinski definition) is 2. The highest BCUT2D eigenvalue weighted by Gasteiger charge is 1.95. The van der Waals surface area contributed by atoms with Crippen molar-refractivity contribution in [3.05, 3.63) is 64.6 Å². The average Bonchev–Trinajstić information content (AvgIpc) is 2.22. The maximum absolute atomic E-state index is 10.9. The molecule has 0 radical (unpaired) electrons. The number of phenols is 1. The van der Waals surface area contributed by atoms with Crippen LogP contribution in [0.2, 0.25) is 0 Å². The van der Waals surface area contributed by atoms with Crippen LogP contribution in [-0.2, 0) is 6.54 Å². The Morgan fingerprint density at radius 2 is 1.87 bits per heavy atom. The lowest BCUT2D eigenvalue weighted by atomic mass is 10.2. The molecule has 1 heterocycles. The minimum absolute atomic E-state index is 0.00200. The van der Waals surface area contributed by atoms with Crippen LogP contribution in [0.15, 0.2) is 53.6 Å². The van der Waals surface area contributed by atoms with Crippen molar-refractivity contribution >= 4 is 0 Å². The SMILES string of the molecule is O=c1ccn(Cc2cccc(O)c2)cc1. The molecular formula is C12H11NO2. The minimum Gasteiger partial charge on any atom is -0.508 e. The second-order valence-corrected chi connectivity index (χ2v) is 3.38. The van der Waals surface area contributed by atoms with E-state index >= 15 is 0 Å². The molecule has 0 unspecified atom stereocenters. The first-order valence-corrected chi connectivity index (χ1v) is 4.68. The van der Waals surface area contributed by atoms with Gasteiger partial charge in [-0.15, -0.1) is 0 Å². The minimum atomic E-state index is 0.00200. The van der Waals surface area contributed by atoms with Crippen LogP contribution in [-0.4, -0.2) is 9.67 Å². The van der Waals surface area contributed by atoms with Gasteiger partial charge in [0.2, 0.25) is 0 Å². The van der Waals surface area contributed by atoms with Gasteiger partial charge < -0.3 is 9.67 Å². The van der Waals surface area contributed by atoms with Crippen LogP contribution in [0.25, 0.3) is 0 Å². The molecule has 0 saturated heterocycles. The summed E-state index contributed by atoms with van der Waals surface area (Å²) in [6.45, 7) is 0.648. The van der Waals surface area contributed by atoms with Crippen LogP contribution >= 0.6 is 0 Å². The topological polar surface area (TPSA) is 42.2 Å². The largest absolute Gasteiger partial charge is 0.508 e. The zero-order valence-corrected chi connectivity index (χ0v) is 8.13. The van der Waals surface area contributed by atoms with Crippen LogP contribution in [0.1, 0.15) is 5.56 Å². The Balaban J connectivity index is 2.22. The lowest BCUT2D eigenvalue weighted by molar-refractivity contribution is 0.474. The van der Waals surface area contributed by atoms with E-state index in [1.165, 1.54) is 12.1 Å². The molecule has 76 valence electrons. The van der Waals surface area contributed by atoms with Gasteiger partial charge in [0, 0.05) is 31.1 Å². The summed E-state index contributed by atoms with van der Waals surface area (Å²) in [4.78, 5) is 10.9. The van der Waals surface area contributed by atoms with Crippen molar-refractivity contribution < 1.29 is 5.11 Å². The van der Waals surface area contributed by atoms with Crippen molar-refractivity contribution in [2.75, 3.05) is 0 Å². The van der Waals surface area contributed by atoms with Gasteiger partial charge in [0.15, 0.2) is 5.43 Å². The van der Waals surface area contributed by atoms with Gasteiger partial charge in [-0.05, 0) is 17.7 Å². The molecule has 15 heavy (non-hydrogen) atoms. The maximum atomic E-state index is 10.9. The molecule has 1 N–H and O–H groups in total. The Labute approximate surface area is 87.2 Å². The molecule has 1 aromatic heterocycles. The summed E-state index contributed by atoms with van der Waals surface area (Å²) in [6, 6.07) is 10.1. The highest BCUT2D eigenvalue weighted by molar-refractivity contribution is 5.27. The normalized spacial score (nSPS) is 10.1. The Bertz CT molecular complexity index is 497. The number of rotatable bonds is 2. The van der Waals surface area contributed by atoms with Crippen molar-refractivity contribution in [3.63, 3.8) is 0 Å². The number of nitrogens with zero attached hydrogens (tertiary/aromatic N) is 1. The summed E-state index contributed by atoms with van der Waals surface area (Å²) in [5, 5.41) is 9.28. The van der Waals surface area contributed by atoms with Crippen molar-refractivity contribution in [2.24, 2.45) is 0 Å². The summed E-state index contributed by atoms with van der Waals surface area (Å²) < 4.78 is 1.89. The molecule has 0 saturated carbocycles. The van der Waals surface area contributed by atoms with Crippen LogP contribution < -0.4 is 5.43 Å². The summed E-state index contributed by atoms with van der Waals surface area (Å²) >= 11 is 0. The highest BCUT2D eigenvalue weighted by atomic mass is 16.3. The average molecular weight is 201 g/mol. The molecule has 3 nitrogen and oxygen atoms in total. The number of aromatic hydroxyl groups is 1. The molecule has 0 fully saturated rings. The van der Waals surface area contributed by atoms with E-state index < -0.39 is 0 Å². The van der Waals surface area contributed by atoms with Gasteiger partial charge in [0.05, 0.1) is 0 Å². The van der Waals surface area contributed by atoms with E-state index in [0.717, 1.165) is 5.56 Å². The third-order valence-electron chi connectivity index (χ3n) is 2.14. The van der Waals surface area contributed by atoms with Gasteiger partial charge in [0.25, 0.3) is 0 Å². The number of phenolic OH excluding ortho intramolecular Hbond substituents is 1. The second kappa shape index (κ2) is 4.00. The molecular weight excluding hydrogens is 190 g/mol. The van der Waals surface area contributed by atoms with E-state index in [0.29, 0.717) is 6.54 Å². The van der Waals surface area contributed by atoms with Crippen molar-refractivity contribution in [3.8, 4) is 5.75 Å². The van der Waals surface area contributed by atoms with E-state index in [1.807, 2.05) is 10.6 Å². The predicted molar refractivity (Wildman–Crippen MR) is 57.9 cm³/mol. The van der Waals surface area contributed by atoms with Gasteiger partial charge >= 0.3 is 0 Å². The fourth-order valence-corrected chi connectivity index (χ4v) is 1.41. The lowest BCUT2D eigenvalue weighted by Gasteiger charge is -2.05. The number of pyridine rings is 1. The third kappa shape index (κ3) is 2.47. The van der Waals surface area contributed by atoms with Gasteiger partial charge in [-0.25, -0.2) is 0 Å². The van der Waals surface area contributed by atoms with Gasteiger partial charge in [-0.2, -0.15) is 0 Å². The Morgan fingerprint density at radius 1 is 1.13 bits per heavy atom. The first-order chi connectivity index (χ1) is 7.24. The van der Waals surface area contributed by atoms with Crippen LogP contribution in [0, 0.1) is 0 Å². The second-order valence-electron chi connectivity index (χ2n) is 3.38. The van der Waals surface area contributed by atoms with Gasteiger partial charge in [0.1, 0.15) is 5.75 Å². The van der Waals surface area contributed by atoms with Crippen LogP contribution in [0.4, 0.5) is 0 Å². The Hall–Kier alpha value is -2.03. The fraction of sp³-hybridized carbons (Fsp3) is 0.0833. The van der Waals surface area contributed by atoms with E-state index in [9.17, 15) is 9.90 Å². The molecule has 0 bridgehead atoms. The molecule has 0 aliphatic heterocycles. The number of benzene rings is 1. The smallest absolute Gasteiger partial charge is 0.181 e. The van der Waals surface area contributed by atoms with Crippen LogP contribution in [0.3, 0.4) is 0 Å². The van der Waals surface area contributed by atoms with E-state index in [1.54, 1.807) is 30.6 Å². The first kappa shape index (κ1) is 9.52. The van der Waals surface area contributed by atoms with Gasteiger partial charge in [-0.1, -0.05) is 12.1 Å². The molecule has 0 aliphatic carbocycles. The maximum Gasteiger partial charge on any atom is 0.181 e. The standard InChI is InChI=1S/C12H11NO2/c14-11-4-6-13(7-5-11)9-10-2-1-3-12(15)8-10/h1-8,15H,9H2. The zero-order valence-electron chi connectivity index (χ0n) is 8.13. The van der Waals surface area contributed by atoms with E-state index in [-0.39, 0.29) is 11.2 Å². The number of aromatic nitrogens is 1. The molecule has 3 heteroatoms. The molecule has 1 aromatic carbocycles. The summed E-state index contributed by atoms with van der Waals surface area (Å²) in [6.07, 6.45) is 3.46. The quantitative estimate of drug-likeness (QED) is 0.801. The molecule has 0 atom stereocenters. The fourth-order valence-electron chi connectivity index (χ4n) is 1.41. The zero-order chi connectivity index (χ0) is 10.7. The molecule has 2 rings (SSSR count). The summed E-state index contributed by atoms with van der Waals surface area (Å²) in [5.74, 6) is 0.258. The van der Waals surface area contributed by atoms with Gasteiger partial charge in [-0.3, -0.25) is 4.79 Å². The monoisotopic (exact) mass is 201 g/mol. The van der Waals surface area contributed by atoms with E-state index in [4.69, 9.17) is 0 Å². The van der Waals surface area contributed by atoms with Crippen molar-refractivity contribution in [1.29, 1.82) is 0 Å². The Morgan fingerprint density at radius 3 is 2.53 bits per heavy atom. The van der Waals surface area contributed by atoms with E-state index in [2.05, 4.69) is 0 Å². The van der Waals surface area contributed by atoms with Crippen molar-refractivity contribution in [1.82, 2.24) is 4.57 Å². The Kier molecular flexibility index (Phi) is 2.54. The first-order valence-electron chi connectivity index (χ1n) is 4.68. The van der Waals surface area contributed by atoms with Crippen molar-refractivity contribution in [2.45, 2.75) is 6.54 Å². The lowest BCUT2D eigenvalue weighted by Crippen LogP contribution is -2.04. The number of hydrogen-bond donors (Lipinski definition) is 1. The summed E-state index contributed by atoms with van der Waals surface area (Å²) in [5.41, 5.74) is 1.00. The highest BCUT2D eigenvalue weighted by Crippen LogP contribution is 2.11. The molecule has 2 aromatic rings. The van der Waals surface area contributed by atoms with Crippen LogP contribution in [0.5, 0.6) is 5.75 Å².